The van der Waals surface area contributed by atoms with Gasteiger partial charge in [-0.15, -0.1) is 0 Å². The Balaban J connectivity index is 2.13. The normalized spacial score (nSPS) is 11.9. The van der Waals surface area contributed by atoms with E-state index in [4.69, 9.17) is 0 Å². The number of hydrogen-bond donors (Lipinski definition) is 1. The smallest absolute Gasteiger partial charge is 0.0545 e. The lowest BCUT2D eigenvalue weighted by Crippen LogP contribution is -2.09. The Morgan fingerprint density at radius 2 is 1.78 bits per heavy atom. The van der Waals surface area contributed by atoms with E-state index >= 15 is 0 Å². The summed E-state index contributed by atoms with van der Waals surface area (Å²) in [5, 5.41) is 0. The second-order valence-corrected chi connectivity index (χ2v) is 7.26. The molecule has 0 spiro atoms. The van der Waals surface area contributed by atoms with Crippen LogP contribution in [0, 0.1) is 6.92 Å². The molecule has 0 atom stereocenters. The number of para-hydroxylation sites is 1. The lowest BCUT2D eigenvalue weighted by molar-refractivity contribution is 0.590. The third-order valence-corrected chi connectivity index (χ3v) is 4.46. The third-order valence-electron chi connectivity index (χ3n) is 4.46. The van der Waals surface area contributed by atoms with Crippen molar-refractivity contribution in [2.75, 3.05) is 0 Å². The van der Waals surface area contributed by atoms with E-state index in [-0.39, 0.29) is 5.41 Å². The molecule has 2 heterocycles. The van der Waals surface area contributed by atoms with E-state index in [2.05, 4.69) is 92.8 Å². The fourth-order valence-corrected chi connectivity index (χ4v) is 2.96. The van der Waals surface area contributed by atoms with Crippen molar-refractivity contribution in [1.82, 2.24) is 9.55 Å². The Hall–Kier alpha value is -2.22. The Morgan fingerprint density at radius 1 is 1.04 bits per heavy atom. The topological polar surface area (TPSA) is 20.7 Å². The maximum Gasteiger partial charge on any atom is 0.0545 e. The average Bonchev–Trinajstić information content (AvgIpc) is 3.13. The fourth-order valence-electron chi connectivity index (χ4n) is 2.96. The number of benzene rings is 1. The van der Waals surface area contributed by atoms with Crippen LogP contribution in [0.1, 0.15) is 44.6 Å². The predicted octanol–water partition coefficient (Wildman–Crippen LogP) is 5.64. The highest BCUT2D eigenvalue weighted by atomic mass is 15.0. The van der Waals surface area contributed by atoms with Gasteiger partial charge in [-0.25, -0.2) is 0 Å². The van der Waals surface area contributed by atoms with Crippen LogP contribution < -0.4 is 0 Å². The minimum atomic E-state index is 0.159. The van der Waals surface area contributed by atoms with Crippen LogP contribution >= 0.6 is 0 Å². The van der Waals surface area contributed by atoms with Gasteiger partial charge in [-0.2, -0.15) is 0 Å². The summed E-state index contributed by atoms with van der Waals surface area (Å²) in [4.78, 5) is 3.53. The van der Waals surface area contributed by atoms with Gasteiger partial charge in [0.1, 0.15) is 0 Å². The maximum atomic E-state index is 3.53. The van der Waals surface area contributed by atoms with Gasteiger partial charge in [-0.3, -0.25) is 0 Å². The molecule has 1 N–H and O–H groups in total. The second-order valence-electron chi connectivity index (χ2n) is 7.26. The summed E-state index contributed by atoms with van der Waals surface area (Å²) < 4.78 is 2.31. The van der Waals surface area contributed by atoms with Gasteiger partial charge in [-0.05, 0) is 48.6 Å². The second kappa shape index (κ2) is 5.77. The molecular formula is C21H26N2. The third kappa shape index (κ3) is 2.98. The van der Waals surface area contributed by atoms with Gasteiger partial charge in [0.2, 0.25) is 0 Å². The standard InChI is InChI=1S/C21H26N2/c1-6-17-11-12-19(22-17)18-9-7-8-10-20(18)23-14-16(13-15(23)2)21(3,4)5/h7-14,22H,6H2,1-5H3. The summed E-state index contributed by atoms with van der Waals surface area (Å²) >= 11 is 0. The van der Waals surface area contributed by atoms with Crippen molar-refractivity contribution in [3.05, 3.63) is 65.6 Å². The SMILES string of the molecule is CCc1ccc(-c2ccccc2-n2cc(C(C)(C)C)cc2C)[nH]1. The molecule has 0 saturated heterocycles. The van der Waals surface area contributed by atoms with Crippen LogP contribution in [-0.2, 0) is 11.8 Å². The summed E-state index contributed by atoms with van der Waals surface area (Å²) in [7, 11) is 0. The molecule has 3 aromatic rings. The fraction of sp³-hybridized carbons (Fsp3) is 0.333. The number of nitrogens with zero attached hydrogens (tertiary/aromatic N) is 1. The Morgan fingerprint density at radius 3 is 2.39 bits per heavy atom. The highest BCUT2D eigenvalue weighted by Gasteiger charge is 2.18. The van der Waals surface area contributed by atoms with Gasteiger partial charge in [-0.1, -0.05) is 45.9 Å². The van der Waals surface area contributed by atoms with Crippen LogP contribution in [0.4, 0.5) is 0 Å². The first-order valence-electron chi connectivity index (χ1n) is 8.37. The van der Waals surface area contributed by atoms with Crippen LogP contribution in [0.25, 0.3) is 16.9 Å². The molecule has 2 nitrogen and oxygen atoms in total. The quantitative estimate of drug-likeness (QED) is 0.646. The van der Waals surface area contributed by atoms with Crippen molar-refractivity contribution in [2.24, 2.45) is 0 Å². The van der Waals surface area contributed by atoms with E-state index in [9.17, 15) is 0 Å². The van der Waals surface area contributed by atoms with Crippen molar-refractivity contribution >= 4 is 0 Å². The first-order valence-corrected chi connectivity index (χ1v) is 8.37. The molecule has 0 fully saturated rings. The number of aromatic nitrogens is 2. The lowest BCUT2D eigenvalue weighted by Gasteiger charge is -2.16. The van der Waals surface area contributed by atoms with Gasteiger partial charge in [0.15, 0.2) is 0 Å². The first-order chi connectivity index (χ1) is 10.9. The average molecular weight is 306 g/mol. The summed E-state index contributed by atoms with van der Waals surface area (Å²) in [6, 6.07) is 15.3. The Labute approximate surface area is 139 Å². The Kier molecular flexibility index (Phi) is 3.93. The van der Waals surface area contributed by atoms with Gasteiger partial charge in [0.25, 0.3) is 0 Å². The molecule has 0 saturated carbocycles. The monoisotopic (exact) mass is 306 g/mol. The minimum absolute atomic E-state index is 0.159. The van der Waals surface area contributed by atoms with Crippen LogP contribution in [0.15, 0.2) is 48.7 Å². The molecular weight excluding hydrogens is 280 g/mol. The van der Waals surface area contributed by atoms with E-state index in [1.54, 1.807) is 0 Å². The predicted molar refractivity (Wildman–Crippen MR) is 98.4 cm³/mol. The van der Waals surface area contributed by atoms with Crippen LogP contribution in [-0.4, -0.2) is 9.55 Å². The number of rotatable bonds is 3. The molecule has 2 heteroatoms. The van der Waals surface area contributed by atoms with Gasteiger partial charge in [0.05, 0.1) is 5.69 Å². The molecule has 0 aliphatic rings. The zero-order valence-corrected chi connectivity index (χ0v) is 14.8. The summed E-state index contributed by atoms with van der Waals surface area (Å²) in [5.41, 5.74) is 7.72. The molecule has 0 unspecified atom stereocenters. The minimum Gasteiger partial charge on any atom is -0.358 e. The number of H-pyrrole nitrogens is 1. The largest absolute Gasteiger partial charge is 0.358 e. The lowest BCUT2D eigenvalue weighted by atomic mass is 9.89. The van der Waals surface area contributed by atoms with Crippen molar-refractivity contribution in [1.29, 1.82) is 0 Å². The first kappa shape index (κ1) is 15.7. The maximum absolute atomic E-state index is 3.53. The van der Waals surface area contributed by atoms with E-state index in [0.717, 1.165) is 6.42 Å². The van der Waals surface area contributed by atoms with Gasteiger partial charge < -0.3 is 9.55 Å². The number of nitrogens with one attached hydrogen (secondary N) is 1. The van der Waals surface area contributed by atoms with Crippen molar-refractivity contribution in [2.45, 2.75) is 46.5 Å². The summed E-state index contributed by atoms with van der Waals surface area (Å²) in [6.45, 7) is 11.1. The van der Waals surface area contributed by atoms with Crippen molar-refractivity contribution in [3.8, 4) is 16.9 Å². The summed E-state index contributed by atoms with van der Waals surface area (Å²) in [6.07, 6.45) is 3.30. The highest BCUT2D eigenvalue weighted by Crippen LogP contribution is 2.31. The molecule has 0 amide bonds. The number of hydrogen-bond acceptors (Lipinski definition) is 0. The van der Waals surface area contributed by atoms with Gasteiger partial charge in [0, 0.05) is 28.8 Å². The van der Waals surface area contributed by atoms with Crippen LogP contribution in [0.2, 0.25) is 0 Å². The molecule has 120 valence electrons. The van der Waals surface area contributed by atoms with Crippen LogP contribution in [0.3, 0.4) is 0 Å². The van der Waals surface area contributed by atoms with E-state index in [0.29, 0.717) is 0 Å². The van der Waals surface area contributed by atoms with E-state index in [1.807, 2.05) is 0 Å². The van der Waals surface area contributed by atoms with Crippen molar-refractivity contribution < 1.29 is 0 Å². The van der Waals surface area contributed by atoms with Crippen molar-refractivity contribution in [3.63, 3.8) is 0 Å². The zero-order valence-electron chi connectivity index (χ0n) is 14.8. The molecule has 0 radical (unpaired) electrons. The van der Waals surface area contributed by atoms with E-state index in [1.165, 1.54) is 33.9 Å². The molecule has 0 bridgehead atoms. The Bertz CT molecular complexity index is 812. The number of aryl methyl sites for hydroxylation is 2. The molecule has 23 heavy (non-hydrogen) atoms. The van der Waals surface area contributed by atoms with Crippen LogP contribution in [0.5, 0.6) is 0 Å². The highest BCUT2D eigenvalue weighted by molar-refractivity contribution is 5.71. The molecule has 3 rings (SSSR count). The number of aromatic amines is 1. The summed E-state index contributed by atoms with van der Waals surface area (Å²) in [5.74, 6) is 0. The molecule has 0 aliphatic heterocycles. The molecule has 1 aromatic carbocycles. The van der Waals surface area contributed by atoms with E-state index < -0.39 is 0 Å². The molecule has 0 aliphatic carbocycles. The van der Waals surface area contributed by atoms with Gasteiger partial charge >= 0.3 is 0 Å². The zero-order chi connectivity index (χ0) is 16.6. The molecule has 2 aromatic heterocycles.